The van der Waals surface area contributed by atoms with Crippen molar-refractivity contribution in [3.05, 3.63) is 39.5 Å². The van der Waals surface area contributed by atoms with Crippen LogP contribution in [0.15, 0.2) is 33.6 Å². The van der Waals surface area contributed by atoms with E-state index in [4.69, 9.17) is 22.1 Å². The van der Waals surface area contributed by atoms with E-state index in [1.165, 1.54) is 0 Å². The van der Waals surface area contributed by atoms with Crippen molar-refractivity contribution in [2.75, 3.05) is 6.61 Å². The number of ether oxygens (including phenoxy) is 1. The molecule has 1 heterocycles. The molecule has 10 heteroatoms. The van der Waals surface area contributed by atoms with Gasteiger partial charge in [-0.25, -0.2) is 0 Å². The number of rotatable bonds is 5. The van der Waals surface area contributed by atoms with Crippen LogP contribution in [-0.2, 0) is 17.6 Å². The van der Waals surface area contributed by atoms with Gasteiger partial charge in [-0.2, -0.15) is 13.2 Å². The Labute approximate surface area is 159 Å². The fourth-order valence-electron chi connectivity index (χ4n) is 2.24. The van der Waals surface area contributed by atoms with Crippen molar-refractivity contribution in [2.24, 2.45) is 5.73 Å². The summed E-state index contributed by atoms with van der Waals surface area (Å²) >= 11 is 9.34. The van der Waals surface area contributed by atoms with Gasteiger partial charge in [0.15, 0.2) is 0 Å². The Morgan fingerprint density at radius 2 is 1.96 bits per heavy atom. The largest absolute Gasteiger partial charge is 0.432 e. The van der Waals surface area contributed by atoms with Gasteiger partial charge in [0.25, 0.3) is 5.24 Å². The normalized spacial score (nSPS) is 11.8. The van der Waals surface area contributed by atoms with E-state index in [0.29, 0.717) is 22.3 Å². The maximum absolute atomic E-state index is 13.6. The summed E-state index contributed by atoms with van der Waals surface area (Å²) in [7, 11) is 0. The molecule has 1 amide bonds. The van der Waals surface area contributed by atoms with Gasteiger partial charge in [-0.3, -0.25) is 4.79 Å². The number of hydrogen-bond donors (Lipinski definition) is 1. The van der Waals surface area contributed by atoms with Gasteiger partial charge in [0.2, 0.25) is 0 Å². The summed E-state index contributed by atoms with van der Waals surface area (Å²) < 4.78 is 46.7. The molecule has 136 valence electrons. The highest BCUT2D eigenvalue weighted by atomic mass is 79.9. The third-order valence-corrected chi connectivity index (χ3v) is 5.26. The molecule has 2 N–H and O–H groups in total. The summed E-state index contributed by atoms with van der Waals surface area (Å²) in [5.41, 5.74) is 4.87. The first-order valence-electron chi connectivity index (χ1n) is 6.97. The summed E-state index contributed by atoms with van der Waals surface area (Å²) in [6.45, 7) is 1.57. The number of benzene rings is 1. The number of alkyl halides is 3. The van der Waals surface area contributed by atoms with E-state index in [1.54, 1.807) is 31.2 Å². The third-order valence-electron chi connectivity index (χ3n) is 3.18. The minimum Gasteiger partial charge on any atom is -0.361 e. The molecule has 0 aliphatic heterocycles. The molecule has 1 aromatic carbocycles. The number of hydrogen-bond acceptors (Lipinski definition) is 3. The molecule has 0 saturated carbocycles. The molecule has 0 atom stereocenters. The SMILES string of the molecule is CCOCn1c(-c2ccc(Cl)cc2)c(SC(N)=O)c(Br)c1C(F)(F)F. The van der Waals surface area contributed by atoms with Gasteiger partial charge in [0, 0.05) is 11.6 Å². The molecule has 0 spiro atoms. The summed E-state index contributed by atoms with van der Waals surface area (Å²) in [4.78, 5) is 11.4. The summed E-state index contributed by atoms with van der Waals surface area (Å²) in [6.07, 6.45) is -4.66. The van der Waals surface area contributed by atoms with Gasteiger partial charge in [-0.05, 0) is 52.3 Å². The van der Waals surface area contributed by atoms with Gasteiger partial charge in [0.05, 0.1) is 15.1 Å². The highest BCUT2D eigenvalue weighted by Crippen LogP contribution is 2.47. The molecule has 0 aliphatic carbocycles. The molecular formula is C15H13BrClF3N2O2S. The monoisotopic (exact) mass is 456 g/mol. The lowest BCUT2D eigenvalue weighted by Crippen LogP contribution is -2.16. The topological polar surface area (TPSA) is 57.2 Å². The highest BCUT2D eigenvalue weighted by Gasteiger charge is 2.41. The van der Waals surface area contributed by atoms with Crippen LogP contribution in [0, 0.1) is 0 Å². The van der Waals surface area contributed by atoms with Crippen LogP contribution >= 0.6 is 39.3 Å². The Balaban J connectivity index is 2.79. The zero-order valence-corrected chi connectivity index (χ0v) is 16.0. The van der Waals surface area contributed by atoms with Crippen molar-refractivity contribution >= 4 is 44.5 Å². The zero-order chi connectivity index (χ0) is 18.8. The van der Waals surface area contributed by atoms with Crippen molar-refractivity contribution in [1.29, 1.82) is 0 Å². The molecule has 0 radical (unpaired) electrons. The Morgan fingerprint density at radius 3 is 2.44 bits per heavy atom. The van der Waals surface area contributed by atoms with E-state index in [9.17, 15) is 18.0 Å². The quantitative estimate of drug-likeness (QED) is 0.581. The number of nitrogens with zero attached hydrogens (tertiary/aromatic N) is 1. The lowest BCUT2D eigenvalue weighted by atomic mass is 10.1. The number of nitrogens with two attached hydrogens (primary N) is 1. The molecule has 0 saturated heterocycles. The molecule has 0 bridgehead atoms. The highest BCUT2D eigenvalue weighted by molar-refractivity contribution is 9.10. The van der Waals surface area contributed by atoms with Crippen molar-refractivity contribution in [2.45, 2.75) is 24.7 Å². The van der Waals surface area contributed by atoms with Crippen molar-refractivity contribution in [3.63, 3.8) is 0 Å². The van der Waals surface area contributed by atoms with Crippen LogP contribution in [0.3, 0.4) is 0 Å². The minimum absolute atomic E-state index is 0.0712. The first-order chi connectivity index (χ1) is 11.7. The zero-order valence-electron chi connectivity index (χ0n) is 12.9. The Morgan fingerprint density at radius 1 is 1.36 bits per heavy atom. The second-order valence-electron chi connectivity index (χ2n) is 4.82. The molecule has 25 heavy (non-hydrogen) atoms. The van der Waals surface area contributed by atoms with Gasteiger partial charge < -0.3 is 15.0 Å². The number of halogens is 5. The number of primary amides is 1. The molecule has 2 rings (SSSR count). The Bertz CT molecular complexity index is 779. The maximum atomic E-state index is 13.6. The fraction of sp³-hybridized carbons (Fsp3) is 0.267. The lowest BCUT2D eigenvalue weighted by Gasteiger charge is -2.16. The maximum Gasteiger partial charge on any atom is 0.432 e. The van der Waals surface area contributed by atoms with Gasteiger partial charge in [0.1, 0.15) is 12.4 Å². The van der Waals surface area contributed by atoms with Gasteiger partial charge in [-0.15, -0.1) is 0 Å². The van der Waals surface area contributed by atoms with E-state index in [0.717, 1.165) is 4.57 Å². The first kappa shape index (κ1) is 20.2. The van der Waals surface area contributed by atoms with Crippen molar-refractivity contribution in [3.8, 4) is 11.3 Å². The average molecular weight is 458 g/mol. The van der Waals surface area contributed by atoms with Gasteiger partial charge in [-0.1, -0.05) is 23.7 Å². The van der Waals surface area contributed by atoms with E-state index in [2.05, 4.69) is 15.9 Å². The number of thioether (sulfide) groups is 1. The predicted octanol–water partition coefficient (Wildman–Crippen LogP) is 5.75. The number of carbonyl (C=O) groups is 1. The number of aromatic nitrogens is 1. The predicted molar refractivity (Wildman–Crippen MR) is 94.6 cm³/mol. The number of carbonyl (C=O) groups excluding carboxylic acids is 1. The number of amides is 1. The second kappa shape index (κ2) is 8.03. The van der Waals surface area contributed by atoms with Crippen LogP contribution in [0.25, 0.3) is 11.3 Å². The standard InChI is InChI=1S/C15H13BrClF3N2O2S/c1-2-24-7-22-11(8-3-5-9(17)6-4-8)12(25-14(21)23)10(16)13(22)15(18,19)20/h3-6H,2,7H2,1H3,(H2,21,23). The van der Waals surface area contributed by atoms with Crippen molar-refractivity contribution < 1.29 is 22.7 Å². The molecular weight excluding hydrogens is 445 g/mol. The summed E-state index contributed by atoms with van der Waals surface area (Å²) in [6, 6.07) is 6.24. The molecule has 4 nitrogen and oxygen atoms in total. The lowest BCUT2D eigenvalue weighted by molar-refractivity contribution is -0.146. The van der Waals surface area contributed by atoms with Crippen LogP contribution in [0.2, 0.25) is 5.02 Å². The van der Waals surface area contributed by atoms with Crippen LogP contribution < -0.4 is 5.73 Å². The van der Waals surface area contributed by atoms with Crippen LogP contribution in [0.1, 0.15) is 12.6 Å². The second-order valence-corrected chi connectivity index (χ2v) is 7.06. The molecule has 2 aromatic rings. The Hall–Kier alpha value is -1.16. The van der Waals surface area contributed by atoms with Crippen LogP contribution in [0.4, 0.5) is 18.0 Å². The average Bonchev–Trinajstić information content (AvgIpc) is 2.78. The summed E-state index contributed by atoms with van der Waals surface area (Å²) in [5, 5.41) is -0.385. The smallest absolute Gasteiger partial charge is 0.361 e. The molecule has 0 fully saturated rings. The van der Waals surface area contributed by atoms with E-state index in [1.807, 2.05) is 0 Å². The fourth-order valence-corrected chi connectivity index (χ4v) is 3.95. The third kappa shape index (κ3) is 4.52. The van der Waals surface area contributed by atoms with Crippen LogP contribution in [-0.4, -0.2) is 16.4 Å². The molecule has 1 aromatic heterocycles. The minimum atomic E-state index is -4.66. The molecule has 0 aliphatic rings. The van der Waals surface area contributed by atoms with E-state index in [-0.39, 0.29) is 28.4 Å². The van der Waals surface area contributed by atoms with E-state index >= 15 is 0 Å². The molecule has 0 unspecified atom stereocenters. The van der Waals surface area contributed by atoms with Crippen LogP contribution in [0.5, 0.6) is 0 Å². The Kier molecular flexibility index (Phi) is 6.47. The van der Waals surface area contributed by atoms with Crippen molar-refractivity contribution in [1.82, 2.24) is 4.57 Å². The first-order valence-corrected chi connectivity index (χ1v) is 8.95. The van der Waals surface area contributed by atoms with Gasteiger partial charge >= 0.3 is 6.18 Å². The van der Waals surface area contributed by atoms with E-state index < -0.39 is 17.1 Å². The summed E-state index contributed by atoms with van der Waals surface area (Å²) in [5.74, 6) is 0.